The maximum absolute atomic E-state index is 11.8. The molecular formula is C18H28BN3O3S. The molecule has 3 heterocycles. The summed E-state index contributed by atoms with van der Waals surface area (Å²) in [4.78, 5) is 22.7. The minimum atomic E-state index is -0.439. The molecule has 0 aromatic carbocycles. The van der Waals surface area contributed by atoms with Crippen LogP contribution in [0.2, 0.25) is 0 Å². The molecule has 142 valence electrons. The highest BCUT2D eigenvalue weighted by Gasteiger charge is 2.51. The number of amides is 1. The van der Waals surface area contributed by atoms with Crippen LogP contribution in [0.25, 0.3) is 0 Å². The van der Waals surface area contributed by atoms with Crippen LogP contribution in [0.1, 0.15) is 53.9 Å². The van der Waals surface area contributed by atoms with E-state index in [1.165, 1.54) is 6.42 Å². The molecule has 2 aliphatic heterocycles. The van der Waals surface area contributed by atoms with Gasteiger partial charge in [0, 0.05) is 43.1 Å². The number of nitrogens with zero attached hydrogens (tertiary/aromatic N) is 3. The van der Waals surface area contributed by atoms with Crippen molar-refractivity contribution in [3.63, 3.8) is 0 Å². The van der Waals surface area contributed by atoms with E-state index in [1.807, 2.05) is 32.6 Å². The predicted octanol–water partition coefficient (Wildman–Crippen LogP) is 2.27. The Kier molecular flexibility index (Phi) is 5.65. The van der Waals surface area contributed by atoms with Gasteiger partial charge < -0.3 is 14.2 Å². The molecule has 8 heteroatoms. The van der Waals surface area contributed by atoms with E-state index in [4.69, 9.17) is 9.31 Å². The minimum absolute atomic E-state index is 0.160. The summed E-state index contributed by atoms with van der Waals surface area (Å²) in [7, 11) is -0.439. The van der Waals surface area contributed by atoms with Gasteiger partial charge in [-0.2, -0.15) is 0 Å². The highest BCUT2D eigenvalue weighted by atomic mass is 32.2. The van der Waals surface area contributed by atoms with Gasteiger partial charge in [0.25, 0.3) is 0 Å². The third-order valence-corrected chi connectivity index (χ3v) is 6.63. The van der Waals surface area contributed by atoms with Gasteiger partial charge >= 0.3 is 7.12 Å². The molecule has 0 radical (unpaired) electrons. The molecule has 0 saturated carbocycles. The van der Waals surface area contributed by atoms with Crippen LogP contribution in [0.5, 0.6) is 0 Å². The van der Waals surface area contributed by atoms with Crippen LogP contribution in [-0.2, 0) is 14.1 Å². The van der Waals surface area contributed by atoms with Gasteiger partial charge in [-0.15, -0.1) is 0 Å². The number of hydrogen-bond donors (Lipinski definition) is 0. The van der Waals surface area contributed by atoms with Crippen LogP contribution in [0.3, 0.4) is 0 Å². The van der Waals surface area contributed by atoms with Gasteiger partial charge in [0.1, 0.15) is 0 Å². The smallest absolute Gasteiger partial charge is 0.399 e. The van der Waals surface area contributed by atoms with Gasteiger partial charge in [-0.3, -0.25) is 4.79 Å². The number of carbonyl (C=O) groups is 1. The maximum Gasteiger partial charge on any atom is 0.498 e. The number of hydrogen-bond acceptors (Lipinski definition) is 6. The van der Waals surface area contributed by atoms with Crippen LogP contribution in [0.15, 0.2) is 17.6 Å². The molecule has 3 rings (SSSR count). The lowest BCUT2D eigenvalue weighted by Crippen LogP contribution is -2.43. The number of likely N-dealkylation sites (tertiary alicyclic amines) is 1. The zero-order valence-corrected chi connectivity index (χ0v) is 17.1. The zero-order valence-electron chi connectivity index (χ0n) is 16.3. The first-order chi connectivity index (χ1) is 12.2. The fourth-order valence-corrected chi connectivity index (χ4v) is 4.20. The molecule has 1 atom stereocenters. The van der Waals surface area contributed by atoms with Crippen LogP contribution in [0, 0.1) is 0 Å². The van der Waals surface area contributed by atoms with Gasteiger partial charge in [-0.25, -0.2) is 9.97 Å². The van der Waals surface area contributed by atoms with Crippen LogP contribution in [-0.4, -0.2) is 57.4 Å². The van der Waals surface area contributed by atoms with Gasteiger partial charge in [0.15, 0.2) is 5.16 Å². The van der Waals surface area contributed by atoms with Crippen molar-refractivity contribution < 1.29 is 14.1 Å². The van der Waals surface area contributed by atoms with Crippen LogP contribution >= 0.6 is 11.8 Å². The number of carbonyl (C=O) groups excluding carboxylic acids is 1. The predicted molar refractivity (Wildman–Crippen MR) is 103 cm³/mol. The van der Waals surface area contributed by atoms with Crippen molar-refractivity contribution in [3.8, 4) is 0 Å². The molecule has 0 bridgehead atoms. The number of piperidine rings is 1. The van der Waals surface area contributed by atoms with Crippen molar-refractivity contribution in [1.82, 2.24) is 14.9 Å². The van der Waals surface area contributed by atoms with E-state index in [-0.39, 0.29) is 23.2 Å². The van der Waals surface area contributed by atoms with E-state index in [9.17, 15) is 4.79 Å². The zero-order chi connectivity index (χ0) is 18.9. The molecular weight excluding hydrogens is 349 g/mol. The lowest BCUT2D eigenvalue weighted by molar-refractivity contribution is -0.131. The van der Waals surface area contributed by atoms with Crippen molar-refractivity contribution in [2.24, 2.45) is 0 Å². The molecule has 2 saturated heterocycles. The second kappa shape index (κ2) is 7.48. The molecule has 0 N–H and O–H groups in total. The Morgan fingerprint density at radius 3 is 2.42 bits per heavy atom. The third-order valence-electron chi connectivity index (χ3n) is 5.61. The molecule has 6 nitrogen and oxygen atoms in total. The highest BCUT2D eigenvalue weighted by molar-refractivity contribution is 7.99. The molecule has 26 heavy (non-hydrogen) atoms. The van der Waals surface area contributed by atoms with Gasteiger partial charge in [-0.1, -0.05) is 11.8 Å². The van der Waals surface area contributed by atoms with Gasteiger partial charge in [0.2, 0.25) is 5.91 Å². The lowest BCUT2D eigenvalue weighted by atomic mass is 9.81. The summed E-state index contributed by atoms with van der Waals surface area (Å²) >= 11 is 1.60. The second-order valence-electron chi connectivity index (χ2n) is 8.06. The molecule has 2 aliphatic rings. The standard InChI is InChI=1S/C18H28BN3O3S/c1-13(23)22-9-7-6-8-15(22)12-26-16-20-10-14(11-21-16)19-24-17(2,3)18(4,5)25-19/h10-11,15H,6-9,12H2,1-5H3/t15-/m0/s1. The Morgan fingerprint density at radius 2 is 1.85 bits per heavy atom. The van der Waals surface area contributed by atoms with E-state index >= 15 is 0 Å². The van der Waals surface area contributed by atoms with Gasteiger partial charge in [-0.05, 0) is 47.0 Å². The second-order valence-corrected chi connectivity index (χ2v) is 9.05. The van der Waals surface area contributed by atoms with Crippen molar-refractivity contribution >= 4 is 30.3 Å². The average molecular weight is 377 g/mol. The summed E-state index contributed by atoms with van der Waals surface area (Å²) in [6.45, 7) is 10.6. The third kappa shape index (κ3) is 4.07. The quantitative estimate of drug-likeness (QED) is 0.456. The van der Waals surface area contributed by atoms with E-state index < -0.39 is 7.12 Å². The SMILES string of the molecule is CC(=O)N1CCCC[C@H]1CSc1ncc(B2OC(C)(C)C(C)(C)O2)cn1. The van der Waals surface area contributed by atoms with Crippen molar-refractivity contribution in [2.75, 3.05) is 12.3 Å². The average Bonchev–Trinajstić information content (AvgIpc) is 2.81. The molecule has 0 spiro atoms. The molecule has 1 aromatic rings. The molecule has 2 fully saturated rings. The summed E-state index contributed by atoms with van der Waals surface area (Å²) in [5.41, 5.74) is 0.0841. The molecule has 0 unspecified atom stereocenters. The van der Waals surface area contributed by atoms with E-state index in [1.54, 1.807) is 31.1 Å². The topological polar surface area (TPSA) is 64.6 Å². The fraction of sp³-hybridized carbons (Fsp3) is 0.722. The summed E-state index contributed by atoms with van der Waals surface area (Å²) in [5, 5.41) is 0.722. The minimum Gasteiger partial charge on any atom is -0.399 e. The first-order valence-electron chi connectivity index (χ1n) is 9.27. The van der Waals surface area contributed by atoms with Crippen LogP contribution in [0.4, 0.5) is 0 Å². The summed E-state index contributed by atoms with van der Waals surface area (Å²) < 4.78 is 12.1. The Labute approximate surface area is 160 Å². The summed E-state index contributed by atoms with van der Waals surface area (Å²) in [5.74, 6) is 0.988. The van der Waals surface area contributed by atoms with Gasteiger partial charge in [0.05, 0.1) is 11.2 Å². The maximum atomic E-state index is 11.8. The van der Waals surface area contributed by atoms with Crippen molar-refractivity contribution in [1.29, 1.82) is 0 Å². The number of thioether (sulfide) groups is 1. The van der Waals surface area contributed by atoms with E-state index in [0.717, 1.165) is 35.8 Å². The van der Waals surface area contributed by atoms with E-state index in [2.05, 4.69) is 9.97 Å². The summed E-state index contributed by atoms with van der Waals surface area (Å²) in [6.07, 6.45) is 6.89. The molecule has 1 aromatic heterocycles. The molecule has 0 aliphatic carbocycles. The Bertz CT molecular complexity index is 638. The fourth-order valence-electron chi connectivity index (χ4n) is 3.26. The number of rotatable bonds is 4. The Balaban J connectivity index is 1.59. The monoisotopic (exact) mass is 377 g/mol. The lowest BCUT2D eigenvalue weighted by Gasteiger charge is -2.34. The first-order valence-corrected chi connectivity index (χ1v) is 10.3. The van der Waals surface area contributed by atoms with E-state index in [0.29, 0.717) is 0 Å². The Morgan fingerprint density at radius 1 is 1.23 bits per heavy atom. The normalized spacial score (nSPS) is 24.7. The Hall–Kier alpha value is -1.12. The van der Waals surface area contributed by atoms with Crippen molar-refractivity contribution in [2.45, 2.75) is 76.3 Å². The van der Waals surface area contributed by atoms with Crippen molar-refractivity contribution in [3.05, 3.63) is 12.4 Å². The van der Waals surface area contributed by atoms with Crippen LogP contribution < -0.4 is 5.46 Å². The first kappa shape index (κ1) is 19.6. The summed E-state index contributed by atoms with van der Waals surface area (Å²) in [6, 6.07) is 0.276. The number of aromatic nitrogens is 2. The molecule has 1 amide bonds. The highest BCUT2D eigenvalue weighted by Crippen LogP contribution is 2.36. The largest absolute Gasteiger partial charge is 0.498 e.